The minimum absolute atomic E-state index is 0.349. The normalized spacial score (nSPS) is 36.0. The van der Waals surface area contributed by atoms with E-state index in [0.717, 1.165) is 15.5 Å². The molecule has 0 aromatic rings. The molecule has 20 heavy (non-hydrogen) atoms. The van der Waals surface area contributed by atoms with Crippen molar-refractivity contribution in [3.63, 3.8) is 0 Å². The van der Waals surface area contributed by atoms with Gasteiger partial charge in [-0.05, 0) is 32.0 Å². The smallest absolute Gasteiger partial charge is 0.124 e. The summed E-state index contributed by atoms with van der Waals surface area (Å²) in [4.78, 5) is 2.44. The molecule has 2 unspecified atom stereocenters. The van der Waals surface area contributed by atoms with E-state index in [2.05, 4.69) is 81.7 Å². The molecule has 2 N–H and O–H groups in total. The van der Waals surface area contributed by atoms with E-state index in [0.29, 0.717) is 6.04 Å². The van der Waals surface area contributed by atoms with E-state index < -0.39 is 4.45 Å². The molecule has 0 saturated heterocycles. The quantitative estimate of drug-likeness (QED) is 0.407. The van der Waals surface area contributed by atoms with Crippen molar-refractivity contribution in [3.05, 3.63) is 21.1 Å². The molecule has 0 aromatic heterocycles. The maximum Gasteiger partial charge on any atom is 0.124 e. The van der Waals surface area contributed by atoms with Gasteiger partial charge in [0.15, 0.2) is 0 Å². The molecule has 2 rings (SSSR count). The number of halogens is 4. The molecule has 2 atom stereocenters. The van der Waals surface area contributed by atoms with Gasteiger partial charge in [-0.2, -0.15) is 0 Å². The van der Waals surface area contributed by atoms with Gasteiger partial charge >= 0.3 is 0 Å². The largest absolute Gasteiger partial charge is 0.311 e. The molecule has 1 saturated carbocycles. The highest BCUT2D eigenvalue weighted by Crippen LogP contribution is 2.48. The van der Waals surface area contributed by atoms with Crippen LogP contribution in [0.15, 0.2) is 21.1 Å². The Morgan fingerprint density at radius 2 is 1.85 bits per heavy atom. The SMILES string of the molecule is CN(CC1(Br)C=C(Br)C=C(Br)C1(N)Br)C1CCCCC1. The number of nitrogens with zero attached hydrogens (tertiary/aromatic N) is 1. The van der Waals surface area contributed by atoms with Gasteiger partial charge in [0.1, 0.15) is 4.45 Å². The fourth-order valence-corrected chi connectivity index (χ4v) is 6.28. The highest BCUT2D eigenvalue weighted by molar-refractivity contribution is 9.15. The Kier molecular flexibility index (Phi) is 6.04. The summed E-state index contributed by atoms with van der Waals surface area (Å²) in [6.07, 6.45) is 10.8. The molecule has 0 aliphatic heterocycles. The monoisotopic (exact) mass is 532 g/mol. The second-order valence-electron chi connectivity index (χ2n) is 5.80. The number of hydrogen-bond acceptors (Lipinski definition) is 2. The molecule has 2 aliphatic rings. The fraction of sp³-hybridized carbons (Fsp3) is 0.714. The van der Waals surface area contributed by atoms with E-state index in [1.807, 2.05) is 6.08 Å². The van der Waals surface area contributed by atoms with E-state index in [1.165, 1.54) is 32.1 Å². The van der Waals surface area contributed by atoms with Crippen molar-refractivity contribution in [2.75, 3.05) is 13.6 Å². The average molecular weight is 536 g/mol. The minimum atomic E-state index is -0.639. The third-order valence-electron chi connectivity index (χ3n) is 4.26. The zero-order chi connectivity index (χ0) is 15.0. The first-order chi connectivity index (χ1) is 9.26. The van der Waals surface area contributed by atoms with E-state index in [4.69, 9.17) is 5.73 Å². The van der Waals surface area contributed by atoms with Gasteiger partial charge in [-0.3, -0.25) is 0 Å². The first kappa shape index (κ1) is 17.7. The molecule has 0 bridgehead atoms. The zero-order valence-electron chi connectivity index (χ0n) is 11.5. The first-order valence-corrected chi connectivity index (χ1v) is 10.1. The summed E-state index contributed by atoms with van der Waals surface area (Å²) >= 11 is 14.7. The third-order valence-corrected chi connectivity index (χ3v) is 8.88. The maximum absolute atomic E-state index is 6.50. The second kappa shape index (κ2) is 6.83. The number of allylic oxidation sites excluding steroid dienone is 2. The van der Waals surface area contributed by atoms with E-state index >= 15 is 0 Å². The Balaban J connectivity index is 2.15. The van der Waals surface area contributed by atoms with Crippen LogP contribution in [0, 0.1) is 0 Å². The fourth-order valence-electron chi connectivity index (χ4n) is 2.96. The van der Waals surface area contributed by atoms with Gasteiger partial charge in [0.2, 0.25) is 0 Å². The average Bonchev–Trinajstić information content (AvgIpc) is 2.37. The molecule has 114 valence electrons. The molecule has 0 aromatic carbocycles. The lowest BCUT2D eigenvalue weighted by Gasteiger charge is -2.45. The van der Waals surface area contributed by atoms with Crippen LogP contribution in [-0.4, -0.2) is 33.3 Å². The Morgan fingerprint density at radius 1 is 1.25 bits per heavy atom. The van der Waals surface area contributed by atoms with E-state index in [-0.39, 0.29) is 4.32 Å². The van der Waals surface area contributed by atoms with Crippen molar-refractivity contribution in [3.8, 4) is 0 Å². The van der Waals surface area contributed by atoms with Crippen molar-refractivity contribution in [2.24, 2.45) is 5.73 Å². The predicted octanol–water partition coefficient (Wildman–Crippen LogP) is 5.01. The summed E-state index contributed by atoms with van der Waals surface area (Å²) in [5.41, 5.74) is 6.50. The standard InChI is InChI=1S/C14H20Br4N2/c1-20(11-5-3-2-4-6-11)9-13(17)8-10(15)7-12(16)14(13,18)19/h7-8,11H,2-6,9,19H2,1H3. The summed E-state index contributed by atoms with van der Waals surface area (Å²) in [6, 6.07) is 0.665. The lowest BCUT2D eigenvalue weighted by atomic mass is 9.91. The highest BCUT2D eigenvalue weighted by Gasteiger charge is 2.49. The van der Waals surface area contributed by atoms with Crippen LogP contribution in [0.1, 0.15) is 32.1 Å². The van der Waals surface area contributed by atoms with E-state index in [9.17, 15) is 0 Å². The predicted molar refractivity (Wildman–Crippen MR) is 101 cm³/mol. The Hall–Kier alpha value is 1.32. The molecule has 0 amide bonds. The molecule has 0 spiro atoms. The number of nitrogens with two attached hydrogens (primary N) is 1. The van der Waals surface area contributed by atoms with E-state index in [1.54, 1.807) is 0 Å². The van der Waals surface area contributed by atoms with Crippen molar-refractivity contribution in [1.29, 1.82) is 0 Å². The van der Waals surface area contributed by atoms with Crippen LogP contribution < -0.4 is 5.73 Å². The highest BCUT2D eigenvalue weighted by atomic mass is 79.9. The molecule has 2 nitrogen and oxygen atoms in total. The van der Waals surface area contributed by atoms with Gasteiger partial charge in [-0.1, -0.05) is 83.0 Å². The molecular formula is C14H20Br4N2. The summed E-state index contributed by atoms with van der Waals surface area (Å²) < 4.78 is 0.992. The van der Waals surface area contributed by atoms with Crippen molar-refractivity contribution >= 4 is 63.7 Å². The van der Waals surface area contributed by atoms with Crippen LogP contribution in [0.2, 0.25) is 0 Å². The second-order valence-corrected chi connectivity index (χ2v) is 10.2. The molecule has 1 fully saturated rings. The minimum Gasteiger partial charge on any atom is -0.311 e. The lowest BCUT2D eigenvalue weighted by molar-refractivity contribution is 0.179. The number of hydrogen-bond donors (Lipinski definition) is 1. The van der Waals surface area contributed by atoms with Crippen LogP contribution in [0.25, 0.3) is 0 Å². The first-order valence-electron chi connectivity index (χ1n) is 6.89. The molecule has 0 heterocycles. The van der Waals surface area contributed by atoms with Crippen LogP contribution in [-0.2, 0) is 0 Å². The zero-order valence-corrected chi connectivity index (χ0v) is 17.9. The van der Waals surface area contributed by atoms with Gasteiger partial charge in [0.25, 0.3) is 0 Å². The Bertz CT molecular complexity index is 427. The lowest BCUT2D eigenvalue weighted by Crippen LogP contribution is -2.58. The van der Waals surface area contributed by atoms with Crippen molar-refractivity contribution < 1.29 is 0 Å². The van der Waals surface area contributed by atoms with Gasteiger partial charge in [0, 0.05) is 21.6 Å². The molecule has 6 heteroatoms. The van der Waals surface area contributed by atoms with Gasteiger partial charge in [-0.15, -0.1) is 0 Å². The van der Waals surface area contributed by atoms with Crippen LogP contribution in [0.4, 0.5) is 0 Å². The van der Waals surface area contributed by atoms with Crippen LogP contribution in [0.5, 0.6) is 0 Å². The molecular weight excluding hydrogens is 516 g/mol. The Labute approximate surface area is 155 Å². The summed E-state index contributed by atoms with van der Waals surface area (Å²) in [5, 5.41) is 0. The molecule has 0 radical (unpaired) electrons. The topological polar surface area (TPSA) is 29.3 Å². The molecule has 2 aliphatic carbocycles. The van der Waals surface area contributed by atoms with Crippen LogP contribution in [0.3, 0.4) is 0 Å². The number of alkyl halides is 2. The summed E-state index contributed by atoms with van der Waals surface area (Å²) in [5.74, 6) is 0. The third kappa shape index (κ3) is 3.62. The van der Waals surface area contributed by atoms with Crippen LogP contribution >= 0.6 is 63.7 Å². The van der Waals surface area contributed by atoms with Gasteiger partial charge < -0.3 is 10.6 Å². The summed E-state index contributed by atoms with van der Waals surface area (Å²) in [6.45, 7) is 0.859. The van der Waals surface area contributed by atoms with Gasteiger partial charge in [0.05, 0.1) is 4.32 Å². The van der Waals surface area contributed by atoms with Crippen molar-refractivity contribution in [2.45, 2.75) is 46.9 Å². The van der Waals surface area contributed by atoms with Gasteiger partial charge in [-0.25, -0.2) is 0 Å². The van der Waals surface area contributed by atoms with Crippen molar-refractivity contribution in [1.82, 2.24) is 4.90 Å². The number of rotatable bonds is 3. The Morgan fingerprint density at radius 3 is 2.45 bits per heavy atom. The summed E-state index contributed by atoms with van der Waals surface area (Å²) in [7, 11) is 2.20. The maximum atomic E-state index is 6.50.